The van der Waals surface area contributed by atoms with Crippen LogP contribution in [0.15, 0.2) is 24.3 Å². The van der Waals surface area contributed by atoms with E-state index in [2.05, 4.69) is 22.3 Å². The molecule has 0 aromatic heterocycles. The number of piperidine rings is 2. The molecule has 156 valence electrons. The molecular formula is C22H35N3O2S. The Kier molecular flexibility index (Phi) is 6.28. The monoisotopic (exact) mass is 405 g/mol. The van der Waals surface area contributed by atoms with Gasteiger partial charge in [-0.2, -0.15) is 0 Å². The third-order valence-electron chi connectivity index (χ3n) is 7.04. The number of hydrogen-bond donors (Lipinski definition) is 1. The van der Waals surface area contributed by atoms with Gasteiger partial charge in [-0.1, -0.05) is 25.0 Å². The summed E-state index contributed by atoms with van der Waals surface area (Å²) >= 11 is 0. The van der Waals surface area contributed by atoms with Gasteiger partial charge in [0.1, 0.15) is 0 Å². The van der Waals surface area contributed by atoms with Gasteiger partial charge in [0, 0.05) is 25.2 Å². The van der Waals surface area contributed by atoms with Gasteiger partial charge < -0.3 is 5.32 Å². The minimum Gasteiger partial charge on any atom is -0.314 e. The van der Waals surface area contributed by atoms with Gasteiger partial charge in [0.2, 0.25) is 10.0 Å². The van der Waals surface area contributed by atoms with E-state index in [9.17, 15) is 8.42 Å². The highest BCUT2D eigenvalue weighted by Crippen LogP contribution is 2.40. The number of nitrogens with zero attached hydrogens (tertiary/aromatic N) is 2. The maximum Gasteiger partial charge on any atom is 0.234 e. The fourth-order valence-electron chi connectivity index (χ4n) is 5.28. The number of fused-ring (bicyclic) bond motifs is 1. The molecule has 1 aromatic carbocycles. The maximum absolute atomic E-state index is 12.8. The number of nitrogens with one attached hydrogen (secondary N) is 1. The first kappa shape index (κ1) is 20.2. The van der Waals surface area contributed by atoms with E-state index in [0.29, 0.717) is 18.5 Å². The molecule has 3 aliphatic heterocycles. The van der Waals surface area contributed by atoms with Crippen molar-refractivity contribution in [3.05, 3.63) is 29.8 Å². The van der Waals surface area contributed by atoms with E-state index >= 15 is 0 Å². The number of anilines is 1. The van der Waals surface area contributed by atoms with Gasteiger partial charge in [0.15, 0.2) is 0 Å². The Morgan fingerprint density at radius 2 is 1.82 bits per heavy atom. The fraction of sp³-hybridized carbons (Fsp3) is 0.727. The standard InChI is InChI=1S/C22H35N3O2S/c1-24(28(26,27)17-14-19-6-2-4-15-23-19)20-10-8-18(9-11-20)22-13-12-21-7-3-5-16-25(21)22/h8-11,19,21-23H,2-7,12-17H2,1H3/t19?,21-,22+/m1/s1. The first-order chi connectivity index (χ1) is 13.5. The minimum absolute atomic E-state index is 0.209. The van der Waals surface area contributed by atoms with Crippen molar-refractivity contribution >= 4 is 15.7 Å². The van der Waals surface area contributed by atoms with E-state index in [0.717, 1.165) is 24.7 Å². The second kappa shape index (κ2) is 8.72. The predicted molar refractivity (Wildman–Crippen MR) is 115 cm³/mol. The van der Waals surface area contributed by atoms with Crippen LogP contribution in [0.25, 0.3) is 0 Å². The average molecular weight is 406 g/mol. The van der Waals surface area contributed by atoms with Gasteiger partial charge in [0.25, 0.3) is 0 Å². The van der Waals surface area contributed by atoms with Crippen LogP contribution in [0, 0.1) is 0 Å². The van der Waals surface area contributed by atoms with Crippen LogP contribution < -0.4 is 9.62 Å². The third-order valence-corrected chi connectivity index (χ3v) is 8.84. The summed E-state index contributed by atoms with van der Waals surface area (Å²) in [6.07, 6.45) is 10.7. The Bertz CT molecular complexity index is 744. The van der Waals surface area contributed by atoms with Crippen LogP contribution in [-0.2, 0) is 10.0 Å². The molecule has 4 rings (SSSR count). The molecule has 0 aliphatic carbocycles. The van der Waals surface area contributed by atoms with Crippen molar-refractivity contribution in [2.75, 3.05) is 30.2 Å². The minimum atomic E-state index is -3.28. The van der Waals surface area contributed by atoms with Gasteiger partial charge in [-0.25, -0.2) is 8.42 Å². The van der Waals surface area contributed by atoms with Crippen molar-refractivity contribution in [2.45, 2.75) is 75.9 Å². The second-order valence-corrected chi connectivity index (χ2v) is 10.9. The normalized spacial score (nSPS) is 28.8. The molecule has 3 aliphatic rings. The zero-order chi connectivity index (χ0) is 19.6. The average Bonchev–Trinajstić information content (AvgIpc) is 3.17. The highest BCUT2D eigenvalue weighted by molar-refractivity contribution is 7.92. The van der Waals surface area contributed by atoms with Crippen LogP contribution in [0.4, 0.5) is 5.69 Å². The van der Waals surface area contributed by atoms with Gasteiger partial charge >= 0.3 is 0 Å². The smallest absolute Gasteiger partial charge is 0.234 e. The van der Waals surface area contributed by atoms with Crippen LogP contribution >= 0.6 is 0 Å². The summed E-state index contributed by atoms with van der Waals surface area (Å²) in [4.78, 5) is 2.68. The summed E-state index contributed by atoms with van der Waals surface area (Å²) in [6, 6.07) is 9.89. The highest BCUT2D eigenvalue weighted by Gasteiger charge is 2.35. The van der Waals surface area contributed by atoms with Gasteiger partial charge in [-0.3, -0.25) is 9.21 Å². The summed E-state index contributed by atoms with van der Waals surface area (Å²) in [5, 5.41) is 3.44. The van der Waals surface area contributed by atoms with Crippen molar-refractivity contribution in [1.29, 1.82) is 0 Å². The van der Waals surface area contributed by atoms with Crippen molar-refractivity contribution < 1.29 is 8.42 Å². The number of hydrogen-bond acceptors (Lipinski definition) is 4. The van der Waals surface area contributed by atoms with Crippen LogP contribution in [0.1, 0.15) is 69.4 Å². The molecule has 3 atom stereocenters. The lowest BCUT2D eigenvalue weighted by Crippen LogP contribution is -2.37. The van der Waals surface area contributed by atoms with Crippen LogP contribution in [0.3, 0.4) is 0 Å². The number of sulfonamides is 1. The molecule has 0 amide bonds. The lowest BCUT2D eigenvalue weighted by molar-refractivity contribution is 0.150. The summed E-state index contributed by atoms with van der Waals surface area (Å²) in [5.41, 5.74) is 2.11. The van der Waals surface area contributed by atoms with E-state index in [1.807, 2.05) is 12.1 Å². The van der Waals surface area contributed by atoms with E-state index in [1.165, 1.54) is 61.4 Å². The molecule has 3 saturated heterocycles. The maximum atomic E-state index is 12.8. The molecule has 6 heteroatoms. The Hall–Kier alpha value is -1.11. The number of rotatable bonds is 6. The van der Waals surface area contributed by atoms with Crippen LogP contribution in [-0.4, -0.2) is 51.3 Å². The van der Waals surface area contributed by atoms with Crippen molar-refractivity contribution in [2.24, 2.45) is 0 Å². The first-order valence-corrected chi connectivity index (χ1v) is 12.7. The molecule has 0 spiro atoms. The summed E-state index contributed by atoms with van der Waals surface area (Å²) in [5.74, 6) is 0.209. The highest BCUT2D eigenvalue weighted by atomic mass is 32.2. The zero-order valence-corrected chi connectivity index (χ0v) is 18.0. The number of benzene rings is 1. The molecule has 1 unspecified atom stereocenters. The lowest BCUT2D eigenvalue weighted by atomic mass is 10.0. The lowest BCUT2D eigenvalue weighted by Gasteiger charge is -2.34. The predicted octanol–water partition coefficient (Wildman–Crippen LogP) is 3.67. The van der Waals surface area contributed by atoms with E-state index in [-0.39, 0.29) is 5.75 Å². The van der Waals surface area contributed by atoms with Gasteiger partial charge in [-0.15, -0.1) is 0 Å². The molecule has 3 fully saturated rings. The van der Waals surface area contributed by atoms with Gasteiger partial charge in [-0.05, 0) is 75.7 Å². The largest absolute Gasteiger partial charge is 0.314 e. The second-order valence-electron chi connectivity index (χ2n) is 8.79. The summed E-state index contributed by atoms with van der Waals surface area (Å²) in [7, 11) is -1.59. The third kappa shape index (κ3) is 4.39. The molecule has 28 heavy (non-hydrogen) atoms. The van der Waals surface area contributed by atoms with E-state index < -0.39 is 10.0 Å². The summed E-state index contributed by atoms with van der Waals surface area (Å²) < 4.78 is 27.1. The van der Waals surface area contributed by atoms with Gasteiger partial charge in [0.05, 0.1) is 11.4 Å². The summed E-state index contributed by atoms with van der Waals surface area (Å²) in [6.45, 7) is 2.22. The van der Waals surface area contributed by atoms with Crippen molar-refractivity contribution in [1.82, 2.24) is 10.2 Å². The molecule has 5 nitrogen and oxygen atoms in total. The topological polar surface area (TPSA) is 52.7 Å². The SMILES string of the molecule is CN(c1ccc([C@@H]2CC[C@H]3CCCCN32)cc1)S(=O)(=O)CCC1CCCCN1. The molecule has 1 N–H and O–H groups in total. The zero-order valence-electron chi connectivity index (χ0n) is 17.1. The molecule has 0 saturated carbocycles. The Morgan fingerprint density at radius 1 is 1.04 bits per heavy atom. The fourth-order valence-corrected chi connectivity index (χ4v) is 6.58. The molecule has 0 bridgehead atoms. The molecule has 1 aromatic rings. The first-order valence-electron chi connectivity index (χ1n) is 11.1. The van der Waals surface area contributed by atoms with Crippen molar-refractivity contribution in [3.8, 4) is 0 Å². The van der Waals surface area contributed by atoms with Crippen molar-refractivity contribution in [3.63, 3.8) is 0 Å². The van der Waals surface area contributed by atoms with E-state index in [4.69, 9.17) is 0 Å². The Balaban J connectivity index is 1.38. The van der Waals surface area contributed by atoms with E-state index in [1.54, 1.807) is 7.05 Å². The molecule has 3 heterocycles. The quantitative estimate of drug-likeness (QED) is 0.784. The molecule has 0 radical (unpaired) electrons. The van der Waals surface area contributed by atoms with Crippen LogP contribution in [0.5, 0.6) is 0 Å². The Morgan fingerprint density at radius 3 is 2.57 bits per heavy atom. The molecular weight excluding hydrogens is 370 g/mol. The van der Waals surface area contributed by atoms with Crippen LogP contribution in [0.2, 0.25) is 0 Å². The Labute approximate surface area is 170 Å².